The molecular formula is C15H11ClFN3O4. The minimum atomic E-state index is -0.791. The molecule has 24 heavy (non-hydrogen) atoms. The van der Waals surface area contributed by atoms with E-state index < -0.39 is 17.7 Å². The summed E-state index contributed by atoms with van der Waals surface area (Å²) in [5, 5.41) is 14.1. The van der Waals surface area contributed by atoms with E-state index in [9.17, 15) is 14.3 Å². The maximum absolute atomic E-state index is 13.6. The van der Waals surface area contributed by atoms with Crippen LogP contribution in [-0.2, 0) is 4.74 Å². The first-order chi connectivity index (χ1) is 11.5. The van der Waals surface area contributed by atoms with Crippen molar-refractivity contribution in [1.82, 2.24) is 14.6 Å². The highest BCUT2D eigenvalue weighted by atomic mass is 35.5. The topological polar surface area (TPSA) is 86.0 Å². The lowest BCUT2D eigenvalue weighted by Gasteiger charge is -2.12. The molecule has 0 aliphatic rings. The predicted octanol–water partition coefficient (Wildman–Crippen LogP) is 3.20. The van der Waals surface area contributed by atoms with Crippen molar-refractivity contribution in [2.75, 3.05) is 6.61 Å². The summed E-state index contributed by atoms with van der Waals surface area (Å²) in [6.07, 6.45) is 1.39. The molecule has 0 radical (unpaired) electrons. The summed E-state index contributed by atoms with van der Waals surface area (Å²) >= 11 is 5.62. The van der Waals surface area contributed by atoms with Crippen LogP contribution >= 0.6 is 11.6 Å². The third kappa shape index (κ3) is 2.83. The van der Waals surface area contributed by atoms with Crippen molar-refractivity contribution in [3.8, 4) is 17.4 Å². The molecule has 1 aromatic carbocycles. The first-order valence-corrected chi connectivity index (χ1v) is 7.25. The summed E-state index contributed by atoms with van der Waals surface area (Å²) in [7, 11) is 0. The minimum absolute atomic E-state index is 0.0195. The van der Waals surface area contributed by atoms with Crippen molar-refractivity contribution >= 4 is 23.2 Å². The van der Waals surface area contributed by atoms with E-state index in [0.29, 0.717) is 0 Å². The average molecular weight is 352 g/mol. The number of aromatic hydroxyl groups is 1. The van der Waals surface area contributed by atoms with Crippen LogP contribution in [0.25, 0.3) is 5.65 Å². The number of aromatic nitrogens is 3. The molecule has 0 aliphatic carbocycles. The van der Waals surface area contributed by atoms with Crippen LogP contribution in [0.2, 0.25) is 5.02 Å². The highest BCUT2D eigenvalue weighted by molar-refractivity contribution is 6.30. The lowest BCUT2D eigenvalue weighted by molar-refractivity contribution is 0.0515. The van der Waals surface area contributed by atoms with Crippen LogP contribution in [0.4, 0.5) is 4.39 Å². The van der Waals surface area contributed by atoms with Crippen LogP contribution in [-0.4, -0.2) is 32.3 Å². The van der Waals surface area contributed by atoms with Crippen LogP contribution < -0.4 is 4.74 Å². The van der Waals surface area contributed by atoms with Crippen LogP contribution in [0.3, 0.4) is 0 Å². The SMILES string of the molecule is CCOC(=O)c1nc2ccnn2c(O)c1Oc1ccc(Cl)c(F)c1. The molecular weight excluding hydrogens is 341 g/mol. The molecule has 7 nitrogen and oxygen atoms in total. The predicted molar refractivity (Wildman–Crippen MR) is 82.1 cm³/mol. The summed E-state index contributed by atoms with van der Waals surface area (Å²) in [5.74, 6) is -2.25. The van der Waals surface area contributed by atoms with E-state index in [-0.39, 0.29) is 34.5 Å². The molecule has 0 fully saturated rings. The number of hydrogen-bond acceptors (Lipinski definition) is 6. The molecule has 0 saturated heterocycles. The smallest absolute Gasteiger partial charge is 0.361 e. The van der Waals surface area contributed by atoms with Gasteiger partial charge in [0.05, 0.1) is 17.8 Å². The van der Waals surface area contributed by atoms with Gasteiger partial charge in [0.2, 0.25) is 5.75 Å². The Balaban J connectivity index is 2.12. The number of hydrogen-bond donors (Lipinski definition) is 1. The fourth-order valence-electron chi connectivity index (χ4n) is 2.00. The molecule has 0 amide bonds. The van der Waals surface area contributed by atoms with Gasteiger partial charge in [-0.05, 0) is 19.1 Å². The minimum Gasteiger partial charge on any atom is -0.490 e. The largest absolute Gasteiger partial charge is 0.490 e. The van der Waals surface area contributed by atoms with Gasteiger partial charge in [-0.2, -0.15) is 9.61 Å². The summed E-state index contributed by atoms with van der Waals surface area (Å²) in [4.78, 5) is 16.2. The van der Waals surface area contributed by atoms with Crippen molar-refractivity contribution in [2.24, 2.45) is 0 Å². The summed E-state index contributed by atoms with van der Waals surface area (Å²) in [6, 6.07) is 5.18. The molecule has 2 aromatic heterocycles. The highest BCUT2D eigenvalue weighted by Crippen LogP contribution is 2.35. The van der Waals surface area contributed by atoms with Gasteiger partial charge < -0.3 is 14.6 Å². The fraction of sp³-hybridized carbons (Fsp3) is 0.133. The quantitative estimate of drug-likeness (QED) is 0.726. The number of fused-ring (bicyclic) bond motifs is 1. The molecule has 3 rings (SSSR count). The maximum atomic E-state index is 13.6. The molecule has 0 unspecified atom stereocenters. The Morgan fingerprint density at radius 3 is 2.92 bits per heavy atom. The van der Waals surface area contributed by atoms with Crippen molar-refractivity contribution in [2.45, 2.75) is 6.92 Å². The van der Waals surface area contributed by atoms with Gasteiger partial charge in [0.15, 0.2) is 11.3 Å². The molecule has 0 spiro atoms. The molecule has 0 atom stereocenters. The Labute approximate surface area is 140 Å². The van der Waals surface area contributed by atoms with E-state index in [2.05, 4.69) is 10.1 Å². The Hall–Kier alpha value is -2.87. The number of esters is 1. The second-order valence-electron chi connectivity index (χ2n) is 4.61. The number of rotatable bonds is 4. The van der Waals surface area contributed by atoms with Crippen molar-refractivity contribution in [3.63, 3.8) is 0 Å². The number of ether oxygens (including phenoxy) is 2. The van der Waals surface area contributed by atoms with Crippen molar-refractivity contribution < 1.29 is 23.8 Å². The van der Waals surface area contributed by atoms with E-state index >= 15 is 0 Å². The lowest BCUT2D eigenvalue weighted by atomic mass is 10.3. The number of nitrogens with zero attached hydrogens (tertiary/aromatic N) is 3. The zero-order valence-corrected chi connectivity index (χ0v) is 13.1. The van der Waals surface area contributed by atoms with E-state index in [1.165, 1.54) is 24.4 Å². The van der Waals surface area contributed by atoms with Crippen molar-refractivity contribution in [1.29, 1.82) is 0 Å². The normalized spacial score (nSPS) is 10.8. The number of halogens is 2. The second-order valence-corrected chi connectivity index (χ2v) is 5.02. The van der Waals surface area contributed by atoms with Gasteiger partial charge >= 0.3 is 5.97 Å². The monoisotopic (exact) mass is 351 g/mol. The van der Waals surface area contributed by atoms with Crippen LogP contribution in [0.15, 0.2) is 30.5 Å². The van der Waals surface area contributed by atoms with E-state index in [4.69, 9.17) is 21.1 Å². The van der Waals surface area contributed by atoms with Crippen LogP contribution in [0, 0.1) is 5.82 Å². The first-order valence-electron chi connectivity index (χ1n) is 6.88. The second kappa shape index (κ2) is 6.32. The molecule has 1 N–H and O–H groups in total. The van der Waals surface area contributed by atoms with Crippen molar-refractivity contribution in [3.05, 3.63) is 47.0 Å². The first kappa shape index (κ1) is 16.0. The maximum Gasteiger partial charge on any atom is 0.361 e. The zero-order chi connectivity index (χ0) is 17.3. The molecule has 0 saturated carbocycles. The summed E-state index contributed by atoms with van der Waals surface area (Å²) in [5.41, 5.74) is -0.0251. The summed E-state index contributed by atoms with van der Waals surface area (Å²) in [6.45, 7) is 1.74. The van der Waals surface area contributed by atoms with E-state index in [1.807, 2.05) is 0 Å². The number of carbonyl (C=O) groups excluding carboxylic acids is 1. The van der Waals surface area contributed by atoms with Gasteiger partial charge in [-0.1, -0.05) is 11.6 Å². The fourth-order valence-corrected chi connectivity index (χ4v) is 2.12. The van der Waals surface area contributed by atoms with Gasteiger partial charge in [0.1, 0.15) is 11.6 Å². The van der Waals surface area contributed by atoms with E-state index in [0.717, 1.165) is 10.6 Å². The standard InChI is InChI=1S/C15H11ClFN3O4/c1-2-23-15(22)12-13(14(21)20-11(19-12)5-6-18-20)24-8-3-4-9(16)10(17)7-8/h3-7,21H,2H2,1H3. The van der Waals surface area contributed by atoms with Gasteiger partial charge in [-0.25, -0.2) is 14.2 Å². The number of carbonyl (C=O) groups is 1. The van der Waals surface area contributed by atoms with Gasteiger partial charge in [0.25, 0.3) is 5.88 Å². The third-order valence-electron chi connectivity index (χ3n) is 3.05. The van der Waals surface area contributed by atoms with Crippen LogP contribution in [0.5, 0.6) is 17.4 Å². The Bertz CT molecular complexity index is 928. The molecule has 3 aromatic rings. The Morgan fingerprint density at radius 1 is 1.42 bits per heavy atom. The van der Waals surface area contributed by atoms with Gasteiger partial charge in [0, 0.05) is 12.1 Å². The molecule has 0 aliphatic heterocycles. The number of benzene rings is 1. The molecule has 124 valence electrons. The highest BCUT2D eigenvalue weighted by Gasteiger charge is 2.24. The average Bonchev–Trinajstić information content (AvgIpc) is 3.02. The molecule has 9 heteroatoms. The molecule has 0 bridgehead atoms. The van der Waals surface area contributed by atoms with Crippen LogP contribution in [0.1, 0.15) is 17.4 Å². The third-order valence-corrected chi connectivity index (χ3v) is 3.35. The molecule has 2 heterocycles. The zero-order valence-electron chi connectivity index (χ0n) is 12.4. The Kier molecular flexibility index (Phi) is 4.22. The summed E-state index contributed by atoms with van der Waals surface area (Å²) < 4.78 is 25.0. The van der Waals surface area contributed by atoms with E-state index in [1.54, 1.807) is 6.92 Å². The lowest BCUT2D eigenvalue weighted by Crippen LogP contribution is -2.11. The Morgan fingerprint density at radius 2 is 2.21 bits per heavy atom. The van der Waals surface area contributed by atoms with Gasteiger partial charge in [-0.3, -0.25) is 0 Å². The van der Waals surface area contributed by atoms with Gasteiger partial charge in [-0.15, -0.1) is 0 Å².